The minimum Gasteiger partial charge on any atom is -0.480 e. The zero-order chi connectivity index (χ0) is 13.6. The molecule has 0 aromatic rings. The van der Waals surface area contributed by atoms with E-state index in [9.17, 15) is 9.59 Å². The highest BCUT2D eigenvalue weighted by molar-refractivity contribution is 5.96. The van der Waals surface area contributed by atoms with Gasteiger partial charge in [-0.05, 0) is 38.3 Å². The monoisotopic (exact) mass is 241 g/mol. The van der Waals surface area contributed by atoms with Crippen LogP contribution < -0.4 is 5.32 Å². The summed E-state index contributed by atoms with van der Waals surface area (Å²) < 4.78 is 0. The number of hydrogen-bond acceptors (Lipinski definition) is 3. The number of rotatable bonds is 2. The van der Waals surface area contributed by atoms with Gasteiger partial charge in [0.15, 0.2) is 5.78 Å². The molecule has 2 N–H and O–H groups in total. The first-order valence-electron chi connectivity index (χ1n) is 5.75. The van der Waals surface area contributed by atoms with Gasteiger partial charge in [0, 0.05) is 6.42 Å². The number of Topliss-reactive ketones (excluding diaryl/α,β-unsaturated/α-hetero) is 1. The van der Waals surface area contributed by atoms with E-state index in [0.29, 0.717) is 5.78 Å². The van der Waals surface area contributed by atoms with E-state index in [1.165, 1.54) is 5.57 Å². The number of carbonyl (C=O) groups excluding carboxylic acids is 1. The molecule has 4 nitrogen and oxygen atoms in total. The average Bonchev–Trinajstić information content (AvgIpc) is 2.13. The Hall–Kier alpha value is -1.16. The van der Waals surface area contributed by atoms with Crippen molar-refractivity contribution in [1.82, 2.24) is 5.32 Å². The van der Waals surface area contributed by atoms with Gasteiger partial charge in [0.05, 0.1) is 6.54 Å². The second-order valence-corrected chi connectivity index (χ2v) is 5.27. The van der Waals surface area contributed by atoms with Crippen molar-refractivity contribution in [2.45, 2.75) is 40.5 Å². The summed E-state index contributed by atoms with van der Waals surface area (Å²) >= 11 is 0. The first-order chi connectivity index (χ1) is 7.69. The fraction of sp³-hybridized carbons (Fsp3) is 0.692. The maximum Gasteiger partial charge on any atom is 0.317 e. The zero-order valence-electron chi connectivity index (χ0n) is 11.4. The Bertz CT molecular complexity index is 330. The van der Waals surface area contributed by atoms with E-state index in [-0.39, 0.29) is 12.0 Å². The topological polar surface area (TPSA) is 66.4 Å². The Balaban J connectivity index is 0.000000366. The minimum absolute atomic E-state index is 0.0417. The molecular weight excluding hydrogens is 218 g/mol. The average molecular weight is 241 g/mol. The van der Waals surface area contributed by atoms with Gasteiger partial charge >= 0.3 is 5.97 Å². The lowest BCUT2D eigenvalue weighted by Crippen LogP contribution is -2.23. The van der Waals surface area contributed by atoms with Crippen LogP contribution in [-0.4, -0.2) is 30.5 Å². The van der Waals surface area contributed by atoms with Crippen molar-refractivity contribution >= 4 is 11.8 Å². The Morgan fingerprint density at radius 3 is 2.18 bits per heavy atom. The van der Waals surface area contributed by atoms with E-state index >= 15 is 0 Å². The van der Waals surface area contributed by atoms with Crippen molar-refractivity contribution in [3.63, 3.8) is 0 Å². The van der Waals surface area contributed by atoms with Crippen LogP contribution in [-0.2, 0) is 9.59 Å². The Kier molecular flexibility index (Phi) is 6.10. The lowest BCUT2D eigenvalue weighted by atomic mass is 9.74. The molecule has 0 saturated heterocycles. The molecule has 0 unspecified atom stereocenters. The number of nitrogens with one attached hydrogen (secondary N) is 1. The van der Waals surface area contributed by atoms with Crippen LogP contribution in [0, 0.1) is 5.41 Å². The summed E-state index contributed by atoms with van der Waals surface area (Å²) in [4.78, 5) is 20.9. The highest BCUT2D eigenvalue weighted by atomic mass is 16.4. The number of carbonyl (C=O) groups is 2. The molecule has 1 rings (SSSR count). The van der Waals surface area contributed by atoms with E-state index in [1.807, 2.05) is 6.92 Å². The van der Waals surface area contributed by atoms with Crippen LogP contribution in [0.2, 0.25) is 0 Å². The molecule has 0 amide bonds. The summed E-state index contributed by atoms with van der Waals surface area (Å²) in [5.74, 6) is -0.490. The highest BCUT2D eigenvalue weighted by Crippen LogP contribution is 2.36. The predicted molar refractivity (Wildman–Crippen MR) is 68.0 cm³/mol. The molecule has 1 aliphatic carbocycles. The third kappa shape index (κ3) is 6.22. The molecule has 0 fully saturated rings. The van der Waals surface area contributed by atoms with Gasteiger partial charge in [0.1, 0.15) is 0 Å². The molecule has 98 valence electrons. The van der Waals surface area contributed by atoms with Crippen molar-refractivity contribution < 1.29 is 14.7 Å². The van der Waals surface area contributed by atoms with Gasteiger partial charge in [-0.15, -0.1) is 0 Å². The van der Waals surface area contributed by atoms with Crippen LogP contribution in [0.5, 0.6) is 0 Å². The van der Waals surface area contributed by atoms with E-state index in [2.05, 4.69) is 26.1 Å². The number of ketones is 1. The van der Waals surface area contributed by atoms with Crippen LogP contribution in [0.25, 0.3) is 0 Å². The quantitative estimate of drug-likeness (QED) is 0.776. The molecule has 0 atom stereocenters. The molecule has 17 heavy (non-hydrogen) atoms. The maximum atomic E-state index is 11.4. The van der Waals surface area contributed by atoms with Gasteiger partial charge < -0.3 is 10.4 Å². The van der Waals surface area contributed by atoms with Gasteiger partial charge in [0.2, 0.25) is 0 Å². The number of carboxylic acid groups (broad SMARTS) is 1. The van der Waals surface area contributed by atoms with Crippen molar-refractivity contribution in [1.29, 1.82) is 0 Å². The van der Waals surface area contributed by atoms with Crippen LogP contribution in [0.15, 0.2) is 11.1 Å². The third-order valence-corrected chi connectivity index (χ3v) is 2.77. The number of allylic oxidation sites excluding steroid dienone is 2. The molecule has 0 aromatic heterocycles. The molecule has 4 heteroatoms. The fourth-order valence-electron chi connectivity index (χ4n) is 1.87. The normalized spacial score (nSPS) is 18.5. The Labute approximate surface area is 103 Å². The van der Waals surface area contributed by atoms with Crippen LogP contribution in [0.1, 0.15) is 40.5 Å². The molecule has 0 radical (unpaired) electrons. The molecule has 0 bridgehead atoms. The van der Waals surface area contributed by atoms with Crippen LogP contribution >= 0.6 is 0 Å². The van der Waals surface area contributed by atoms with E-state index in [0.717, 1.165) is 18.4 Å². The fourth-order valence-corrected chi connectivity index (χ4v) is 1.87. The molecule has 0 aromatic carbocycles. The number of carboxylic acids is 1. The SMILES string of the molecule is CC1=C(C)C(=O)CC(C)(C)C1.CNCC(=O)O. The maximum absolute atomic E-state index is 11.4. The smallest absolute Gasteiger partial charge is 0.317 e. The van der Waals surface area contributed by atoms with Crippen LogP contribution in [0.3, 0.4) is 0 Å². The second-order valence-electron chi connectivity index (χ2n) is 5.27. The molecule has 0 aliphatic heterocycles. The summed E-state index contributed by atoms with van der Waals surface area (Å²) in [5.41, 5.74) is 2.45. The number of likely N-dealkylation sites (N-methyl/N-ethyl adjacent to an activating group) is 1. The largest absolute Gasteiger partial charge is 0.480 e. The number of hydrogen-bond donors (Lipinski definition) is 2. The summed E-state index contributed by atoms with van der Waals surface area (Å²) in [5, 5.41) is 10.3. The lowest BCUT2D eigenvalue weighted by Gasteiger charge is -2.29. The number of aliphatic carboxylic acids is 1. The van der Waals surface area contributed by atoms with Gasteiger partial charge in [-0.3, -0.25) is 9.59 Å². The highest BCUT2D eigenvalue weighted by Gasteiger charge is 2.28. The summed E-state index contributed by atoms with van der Waals surface area (Å²) in [6.45, 7) is 8.35. The predicted octanol–water partition coefficient (Wildman–Crippen LogP) is 2.00. The second kappa shape index (κ2) is 6.55. The summed E-state index contributed by atoms with van der Waals surface area (Å²) in [7, 11) is 1.59. The zero-order valence-corrected chi connectivity index (χ0v) is 11.4. The van der Waals surface area contributed by atoms with Gasteiger partial charge in [-0.1, -0.05) is 19.4 Å². The Morgan fingerprint density at radius 2 is 1.88 bits per heavy atom. The summed E-state index contributed by atoms with van der Waals surface area (Å²) in [6.07, 6.45) is 1.79. The molecular formula is C13H23NO3. The standard InChI is InChI=1S/C10H16O.C3H7NO2/c1-7-5-10(3,4)6-9(11)8(7)2;1-4-2-3(5)6/h5-6H2,1-4H3;4H,2H2,1H3,(H,5,6). The van der Waals surface area contributed by atoms with Crippen molar-refractivity contribution in [2.75, 3.05) is 13.6 Å². The minimum atomic E-state index is -0.822. The van der Waals surface area contributed by atoms with E-state index in [1.54, 1.807) is 7.05 Å². The summed E-state index contributed by atoms with van der Waals surface area (Å²) in [6, 6.07) is 0. The van der Waals surface area contributed by atoms with Crippen molar-refractivity contribution in [2.24, 2.45) is 5.41 Å². The van der Waals surface area contributed by atoms with E-state index < -0.39 is 5.97 Å². The van der Waals surface area contributed by atoms with E-state index in [4.69, 9.17) is 5.11 Å². The molecule has 0 saturated carbocycles. The third-order valence-electron chi connectivity index (χ3n) is 2.77. The first kappa shape index (κ1) is 15.8. The first-order valence-corrected chi connectivity index (χ1v) is 5.75. The van der Waals surface area contributed by atoms with Crippen molar-refractivity contribution in [3.8, 4) is 0 Å². The van der Waals surface area contributed by atoms with Crippen molar-refractivity contribution in [3.05, 3.63) is 11.1 Å². The lowest BCUT2D eigenvalue weighted by molar-refractivity contribution is -0.135. The van der Waals surface area contributed by atoms with Gasteiger partial charge in [0.25, 0.3) is 0 Å². The molecule has 0 spiro atoms. The molecule has 0 heterocycles. The Morgan fingerprint density at radius 1 is 1.35 bits per heavy atom. The van der Waals surface area contributed by atoms with Gasteiger partial charge in [-0.25, -0.2) is 0 Å². The van der Waals surface area contributed by atoms with Gasteiger partial charge in [-0.2, -0.15) is 0 Å². The van der Waals surface area contributed by atoms with Crippen LogP contribution in [0.4, 0.5) is 0 Å². The molecule has 1 aliphatic rings.